The van der Waals surface area contributed by atoms with Crippen LogP contribution in [-0.4, -0.2) is 49.3 Å². The molecular formula is C21H18F4N6O. The third kappa shape index (κ3) is 3.42. The second-order valence-corrected chi connectivity index (χ2v) is 7.80. The summed E-state index contributed by atoms with van der Waals surface area (Å²) < 4.78 is 62.5. The van der Waals surface area contributed by atoms with Crippen molar-refractivity contribution < 1.29 is 22.3 Å². The molecule has 0 radical (unpaired) electrons. The Morgan fingerprint density at radius 1 is 1.28 bits per heavy atom. The van der Waals surface area contributed by atoms with Gasteiger partial charge in [0.05, 0.1) is 31.2 Å². The predicted molar refractivity (Wildman–Crippen MR) is 107 cm³/mol. The number of aromatic nitrogens is 6. The summed E-state index contributed by atoms with van der Waals surface area (Å²) in [5.41, 5.74) is 0.469. The summed E-state index contributed by atoms with van der Waals surface area (Å²) in [6, 6.07) is 3.98. The zero-order valence-corrected chi connectivity index (χ0v) is 16.9. The van der Waals surface area contributed by atoms with Crippen molar-refractivity contribution >= 4 is 11.0 Å². The Bertz CT molecular complexity index is 1290. The molecule has 1 atom stereocenters. The van der Waals surface area contributed by atoms with Gasteiger partial charge in [0.25, 0.3) is 6.43 Å². The summed E-state index contributed by atoms with van der Waals surface area (Å²) in [5, 5.41) is 11.7. The third-order valence-electron chi connectivity index (χ3n) is 5.61. The monoisotopic (exact) mass is 446 g/mol. The lowest BCUT2D eigenvalue weighted by Crippen LogP contribution is -2.39. The first-order valence-electron chi connectivity index (χ1n) is 9.90. The van der Waals surface area contributed by atoms with Gasteiger partial charge in [0.2, 0.25) is 0 Å². The maximum absolute atomic E-state index is 15.2. The molecule has 5 rings (SSSR count). The van der Waals surface area contributed by atoms with Crippen LogP contribution < -0.4 is 0 Å². The lowest BCUT2D eigenvalue weighted by Gasteiger charge is -2.30. The number of H-pyrrole nitrogens is 1. The second-order valence-electron chi connectivity index (χ2n) is 7.80. The number of fused-ring (bicyclic) bond motifs is 2. The lowest BCUT2D eigenvalue weighted by molar-refractivity contribution is 0.0100. The summed E-state index contributed by atoms with van der Waals surface area (Å²) in [6.07, 6.45) is 0.213. The molecule has 0 saturated heterocycles. The average Bonchev–Trinajstić information content (AvgIpc) is 3.37. The van der Waals surface area contributed by atoms with Crippen molar-refractivity contribution in [3.63, 3.8) is 0 Å². The molecule has 0 aliphatic carbocycles. The van der Waals surface area contributed by atoms with Gasteiger partial charge in [0, 0.05) is 29.3 Å². The van der Waals surface area contributed by atoms with E-state index in [0.29, 0.717) is 40.0 Å². The zero-order valence-electron chi connectivity index (χ0n) is 16.9. The summed E-state index contributed by atoms with van der Waals surface area (Å²) in [4.78, 5) is 8.06. The van der Waals surface area contributed by atoms with E-state index in [1.54, 1.807) is 0 Å². The van der Waals surface area contributed by atoms with E-state index in [1.165, 1.54) is 36.2 Å². The summed E-state index contributed by atoms with van der Waals surface area (Å²) in [7, 11) is 1.43. The number of halogens is 4. The first-order chi connectivity index (χ1) is 15.4. The van der Waals surface area contributed by atoms with Crippen LogP contribution in [0.25, 0.3) is 33.5 Å². The molecule has 0 unspecified atom stereocenters. The molecule has 0 aromatic carbocycles. The molecule has 0 amide bonds. The number of nitrogens with zero attached hydrogens (tertiary/aromatic N) is 5. The van der Waals surface area contributed by atoms with Gasteiger partial charge in [-0.05, 0) is 31.0 Å². The number of ether oxygens (including phenoxy) is 1. The van der Waals surface area contributed by atoms with E-state index in [1.807, 2.05) is 0 Å². The quantitative estimate of drug-likeness (QED) is 0.464. The molecule has 4 aromatic heterocycles. The van der Waals surface area contributed by atoms with Crippen molar-refractivity contribution in [1.29, 1.82) is 0 Å². The van der Waals surface area contributed by atoms with Crippen molar-refractivity contribution in [2.75, 3.05) is 13.7 Å². The van der Waals surface area contributed by atoms with E-state index in [4.69, 9.17) is 4.74 Å². The highest BCUT2D eigenvalue weighted by Crippen LogP contribution is 2.42. The highest BCUT2D eigenvalue weighted by molar-refractivity contribution is 5.97. The Morgan fingerprint density at radius 3 is 2.84 bits per heavy atom. The maximum atomic E-state index is 15.2. The molecular weight excluding hydrogens is 428 g/mol. The Hall–Kier alpha value is -3.34. The van der Waals surface area contributed by atoms with E-state index < -0.39 is 23.6 Å². The standard InChI is InChI=1S/C21H18F4N6O/c1-32-10-21(25)5-4-16-17(12-6-15(19(23)24)28-20-13(12)8-27-29-20)18(30-31(16)9-21)14-3-2-11(22)7-26-14/h2-3,6-8,19H,4-5,9-10H2,1H3,(H,27,28,29)/t21-/m1/s1. The van der Waals surface area contributed by atoms with Crippen LogP contribution in [0.1, 0.15) is 24.2 Å². The van der Waals surface area contributed by atoms with Crippen molar-refractivity contribution in [3.05, 3.63) is 47.8 Å². The molecule has 0 saturated carbocycles. The van der Waals surface area contributed by atoms with Crippen LogP contribution in [0.15, 0.2) is 30.6 Å². The SMILES string of the molecule is COC[C@@]1(F)CCc2c(-c3cc(C(F)F)nc4[nH]ncc34)c(-c3ccc(F)cn3)nn2C1. The topological polar surface area (TPSA) is 81.5 Å². The van der Waals surface area contributed by atoms with Gasteiger partial charge in [-0.25, -0.2) is 22.5 Å². The van der Waals surface area contributed by atoms with Gasteiger partial charge in [-0.1, -0.05) is 0 Å². The number of pyridine rings is 2. The number of hydrogen-bond acceptors (Lipinski definition) is 5. The molecule has 0 bridgehead atoms. The van der Waals surface area contributed by atoms with Crippen LogP contribution in [-0.2, 0) is 17.7 Å². The number of rotatable bonds is 5. The van der Waals surface area contributed by atoms with Gasteiger partial charge < -0.3 is 4.74 Å². The normalized spacial score (nSPS) is 18.4. The minimum Gasteiger partial charge on any atom is -0.381 e. The van der Waals surface area contributed by atoms with Crippen molar-refractivity contribution in [1.82, 2.24) is 29.9 Å². The molecule has 7 nitrogen and oxygen atoms in total. The van der Waals surface area contributed by atoms with E-state index >= 15 is 4.39 Å². The zero-order chi connectivity index (χ0) is 22.5. The third-order valence-corrected chi connectivity index (χ3v) is 5.61. The Balaban J connectivity index is 1.77. The largest absolute Gasteiger partial charge is 0.381 e. The van der Waals surface area contributed by atoms with Gasteiger partial charge in [-0.15, -0.1) is 0 Å². The summed E-state index contributed by atoms with van der Waals surface area (Å²) in [6.45, 7) is -0.159. The van der Waals surface area contributed by atoms with Gasteiger partial charge in [0.1, 0.15) is 17.2 Å². The molecule has 32 heavy (non-hydrogen) atoms. The minimum atomic E-state index is -2.81. The van der Waals surface area contributed by atoms with Gasteiger partial charge >= 0.3 is 0 Å². The molecule has 0 spiro atoms. The Kier molecular flexibility index (Phi) is 4.92. The highest BCUT2D eigenvalue weighted by Gasteiger charge is 2.38. The van der Waals surface area contributed by atoms with E-state index in [2.05, 4.69) is 25.3 Å². The van der Waals surface area contributed by atoms with Crippen LogP contribution in [0.4, 0.5) is 17.6 Å². The van der Waals surface area contributed by atoms with Gasteiger partial charge in [-0.2, -0.15) is 10.2 Å². The molecule has 0 fully saturated rings. The fourth-order valence-corrected chi connectivity index (χ4v) is 4.19. The molecule has 1 aliphatic rings. The molecule has 5 heterocycles. The first kappa shape index (κ1) is 20.6. The fourth-order valence-electron chi connectivity index (χ4n) is 4.19. The van der Waals surface area contributed by atoms with Crippen molar-refractivity contribution in [2.45, 2.75) is 31.5 Å². The van der Waals surface area contributed by atoms with E-state index in [0.717, 1.165) is 6.20 Å². The number of hydrogen-bond donors (Lipinski definition) is 1. The van der Waals surface area contributed by atoms with Gasteiger partial charge in [0.15, 0.2) is 11.3 Å². The van der Waals surface area contributed by atoms with Crippen LogP contribution in [0.3, 0.4) is 0 Å². The van der Waals surface area contributed by atoms with Crippen molar-refractivity contribution in [2.24, 2.45) is 0 Å². The highest BCUT2D eigenvalue weighted by atomic mass is 19.3. The predicted octanol–water partition coefficient (Wildman–Crippen LogP) is 4.26. The van der Waals surface area contributed by atoms with Crippen molar-refractivity contribution in [3.8, 4) is 22.5 Å². The maximum Gasteiger partial charge on any atom is 0.280 e. The number of alkyl halides is 3. The second kappa shape index (κ2) is 7.66. The molecule has 1 N–H and O–H groups in total. The first-order valence-corrected chi connectivity index (χ1v) is 9.90. The fraction of sp³-hybridized carbons (Fsp3) is 0.333. The lowest BCUT2D eigenvalue weighted by atomic mass is 9.91. The van der Waals surface area contributed by atoms with Crippen LogP contribution in [0.2, 0.25) is 0 Å². The molecule has 166 valence electrons. The Morgan fingerprint density at radius 2 is 2.12 bits per heavy atom. The average molecular weight is 446 g/mol. The Labute approximate surface area is 179 Å². The van der Waals surface area contributed by atoms with Gasteiger partial charge in [-0.3, -0.25) is 14.8 Å². The summed E-state index contributed by atoms with van der Waals surface area (Å²) >= 11 is 0. The minimum absolute atomic E-state index is 0.0638. The smallest absolute Gasteiger partial charge is 0.280 e. The molecule has 1 aliphatic heterocycles. The summed E-state index contributed by atoms with van der Waals surface area (Å²) in [5.74, 6) is -0.525. The van der Waals surface area contributed by atoms with Crippen LogP contribution in [0.5, 0.6) is 0 Å². The number of aromatic amines is 1. The molecule has 11 heteroatoms. The van der Waals surface area contributed by atoms with Crippen LogP contribution in [0, 0.1) is 5.82 Å². The van der Waals surface area contributed by atoms with E-state index in [9.17, 15) is 13.2 Å². The number of nitrogens with one attached hydrogen (secondary N) is 1. The number of methoxy groups -OCH3 is 1. The molecule has 4 aromatic rings. The van der Waals surface area contributed by atoms with Crippen LogP contribution >= 0.6 is 0 Å². The van der Waals surface area contributed by atoms with E-state index in [-0.39, 0.29) is 25.2 Å².